The Morgan fingerprint density at radius 2 is 2.12 bits per heavy atom. The molecule has 1 fully saturated rings. The highest BCUT2D eigenvalue weighted by molar-refractivity contribution is 5.91. The summed E-state index contributed by atoms with van der Waals surface area (Å²) in [6.45, 7) is 3.17. The third-order valence-electron chi connectivity index (χ3n) is 4.43. The van der Waals surface area contributed by atoms with Crippen LogP contribution in [0.2, 0.25) is 0 Å². The van der Waals surface area contributed by atoms with Crippen LogP contribution in [0.4, 0.5) is 14.9 Å². The molecule has 134 valence electrons. The molecule has 0 aromatic heterocycles. The Bertz CT molecular complexity index is 830. The summed E-state index contributed by atoms with van der Waals surface area (Å²) >= 11 is 0. The van der Waals surface area contributed by atoms with Crippen molar-refractivity contribution in [3.05, 3.63) is 59.4 Å². The maximum Gasteiger partial charge on any atom is 0.322 e. The molecular weight excluding hydrogens is 333 g/mol. The first kappa shape index (κ1) is 17.7. The number of nitriles is 1. The molecule has 26 heavy (non-hydrogen) atoms. The van der Waals surface area contributed by atoms with Gasteiger partial charge in [0.25, 0.3) is 0 Å². The zero-order valence-electron chi connectivity index (χ0n) is 14.5. The van der Waals surface area contributed by atoms with E-state index in [0.717, 1.165) is 30.2 Å². The second-order valence-electron chi connectivity index (χ2n) is 6.09. The van der Waals surface area contributed by atoms with E-state index in [9.17, 15) is 9.18 Å². The number of anilines is 1. The van der Waals surface area contributed by atoms with Gasteiger partial charge in [-0.2, -0.15) is 5.26 Å². The van der Waals surface area contributed by atoms with Crippen LogP contribution in [0.25, 0.3) is 0 Å². The van der Waals surface area contributed by atoms with E-state index in [1.807, 2.05) is 37.3 Å². The van der Waals surface area contributed by atoms with Gasteiger partial charge in [0, 0.05) is 6.54 Å². The van der Waals surface area contributed by atoms with Gasteiger partial charge in [0.15, 0.2) is 0 Å². The van der Waals surface area contributed by atoms with Crippen molar-refractivity contribution in [3.63, 3.8) is 0 Å². The second-order valence-corrected chi connectivity index (χ2v) is 6.09. The predicted octanol–water partition coefficient (Wildman–Crippen LogP) is 4.47. The minimum absolute atomic E-state index is 0.0309. The van der Waals surface area contributed by atoms with Gasteiger partial charge in [-0.05, 0) is 55.7 Å². The van der Waals surface area contributed by atoms with Crippen molar-refractivity contribution in [2.24, 2.45) is 0 Å². The third-order valence-corrected chi connectivity index (χ3v) is 4.43. The number of benzene rings is 2. The molecule has 3 rings (SSSR count). The van der Waals surface area contributed by atoms with E-state index >= 15 is 0 Å². The third kappa shape index (κ3) is 3.77. The van der Waals surface area contributed by atoms with Crippen molar-refractivity contribution in [3.8, 4) is 11.8 Å². The summed E-state index contributed by atoms with van der Waals surface area (Å²) in [5, 5.41) is 11.9. The molecule has 0 radical (unpaired) electrons. The number of nitrogens with one attached hydrogen (secondary N) is 1. The number of urea groups is 1. The summed E-state index contributed by atoms with van der Waals surface area (Å²) in [7, 11) is 0. The fourth-order valence-electron chi connectivity index (χ4n) is 3.21. The molecule has 2 aromatic carbocycles. The maximum absolute atomic E-state index is 13.3. The van der Waals surface area contributed by atoms with E-state index in [-0.39, 0.29) is 17.6 Å². The first-order chi connectivity index (χ1) is 12.6. The Balaban J connectivity index is 1.75. The van der Waals surface area contributed by atoms with Crippen LogP contribution in [-0.2, 0) is 0 Å². The molecule has 1 N–H and O–H groups in total. The van der Waals surface area contributed by atoms with Crippen molar-refractivity contribution in [1.82, 2.24) is 4.90 Å². The quantitative estimate of drug-likeness (QED) is 0.882. The summed E-state index contributed by atoms with van der Waals surface area (Å²) < 4.78 is 18.7. The lowest BCUT2D eigenvalue weighted by atomic mass is 10.0. The normalized spacial score (nSPS) is 16.2. The van der Waals surface area contributed by atoms with Crippen LogP contribution in [-0.4, -0.2) is 24.1 Å². The topological polar surface area (TPSA) is 65.4 Å². The molecule has 2 aromatic rings. The zero-order chi connectivity index (χ0) is 18.5. The molecule has 1 heterocycles. The lowest BCUT2D eigenvalue weighted by Crippen LogP contribution is -2.34. The number of halogens is 1. The standard InChI is InChI=1S/C20H20FN3O2/c1-2-26-17-8-5-14(6-9-17)19-4-3-11-24(19)20(25)23-18-10-7-16(21)12-15(18)13-22/h5-10,12,19H,2-4,11H2,1H3,(H,23,25). The summed E-state index contributed by atoms with van der Waals surface area (Å²) in [6.07, 6.45) is 1.77. The Hall–Kier alpha value is -3.07. The van der Waals surface area contributed by atoms with Crippen LogP contribution < -0.4 is 10.1 Å². The van der Waals surface area contributed by atoms with E-state index in [1.54, 1.807) is 4.90 Å². The molecular formula is C20H20FN3O2. The maximum atomic E-state index is 13.3. The number of carbonyl (C=O) groups excluding carboxylic acids is 1. The number of hydrogen-bond donors (Lipinski definition) is 1. The SMILES string of the molecule is CCOc1ccc(C2CCCN2C(=O)Nc2ccc(F)cc2C#N)cc1. The molecule has 1 aliphatic rings. The van der Waals surface area contributed by atoms with E-state index in [4.69, 9.17) is 10.00 Å². The van der Waals surface area contributed by atoms with Crippen molar-refractivity contribution in [2.75, 3.05) is 18.5 Å². The summed E-state index contributed by atoms with van der Waals surface area (Å²) in [5.41, 5.74) is 1.46. The van der Waals surface area contributed by atoms with Crippen molar-refractivity contribution in [2.45, 2.75) is 25.8 Å². The number of nitrogens with zero attached hydrogens (tertiary/aromatic N) is 2. The van der Waals surface area contributed by atoms with Gasteiger partial charge in [-0.15, -0.1) is 0 Å². The number of amides is 2. The summed E-state index contributed by atoms with van der Waals surface area (Å²) in [5.74, 6) is 0.295. The average Bonchev–Trinajstić information content (AvgIpc) is 3.14. The molecule has 0 spiro atoms. The first-order valence-electron chi connectivity index (χ1n) is 8.62. The lowest BCUT2D eigenvalue weighted by Gasteiger charge is -2.25. The van der Waals surface area contributed by atoms with Gasteiger partial charge in [0.05, 0.1) is 23.9 Å². The van der Waals surface area contributed by atoms with Gasteiger partial charge >= 0.3 is 6.03 Å². The fourth-order valence-corrected chi connectivity index (χ4v) is 3.21. The molecule has 0 saturated carbocycles. The minimum atomic E-state index is -0.506. The lowest BCUT2D eigenvalue weighted by molar-refractivity contribution is 0.207. The van der Waals surface area contributed by atoms with Crippen LogP contribution in [0.1, 0.15) is 36.9 Å². The Labute approximate surface area is 152 Å². The molecule has 6 heteroatoms. The van der Waals surface area contributed by atoms with Crippen molar-refractivity contribution < 1.29 is 13.9 Å². The number of ether oxygens (including phenoxy) is 1. The van der Waals surface area contributed by atoms with Crippen LogP contribution in [0, 0.1) is 17.1 Å². The van der Waals surface area contributed by atoms with Crippen molar-refractivity contribution >= 4 is 11.7 Å². The summed E-state index contributed by atoms with van der Waals surface area (Å²) in [4.78, 5) is 14.5. The molecule has 0 aliphatic carbocycles. The van der Waals surface area contributed by atoms with Crippen LogP contribution in [0.5, 0.6) is 5.75 Å². The second kappa shape index (κ2) is 7.87. The molecule has 1 saturated heterocycles. The van der Waals surface area contributed by atoms with E-state index < -0.39 is 5.82 Å². The number of carbonyl (C=O) groups is 1. The minimum Gasteiger partial charge on any atom is -0.494 e. The number of rotatable bonds is 4. The van der Waals surface area contributed by atoms with Gasteiger partial charge in [-0.3, -0.25) is 0 Å². The van der Waals surface area contributed by atoms with E-state index in [2.05, 4.69) is 5.32 Å². The van der Waals surface area contributed by atoms with E-state index in [0.29, 0.717) is 18.8 Å². The van der Waals surface area contributed by atoms with Gasteiger partial charge in [0.1, 0.15) is 17.6 Å². The smallest absolute Gasteiger partial charge is 0.322 e. The molecule has 5 nitrogen and oxygen atoms in total. The Morgan fingerprint density at radius 1 is 1.35 bits per heavy atom. The highest BCUT2D eigenvalue weighted by Gasteiger charge is 2.30. The van der Waals surface area contributed by atoms with Gasteiger partial charge in [-0.1, -0.05) is 12.1 Å². The van der Waals surface area contributed by atoms with E-state index in [1.165, 1.54) is 12.1 Å². The predicted molar refractivity (Wildman–Crippen MR) is 96.4 cm³/mol. The Morgan fingerprint density at radius 3 is 2.81 bits per heavy atom. The first-order valence-corrected chi connectivity index (χ1v) is 8.62. The molecule has 1 atom stereocenters. The zero-order valence-corrected chi connectivity index (χ0v) is 14.5. The van der Waals surface area contributed by atoms with Gasteiger partial charge < -0.3 is 15.0 Å². The number of hydrogen-bond acceptors (Lipinski definition) is 3. The average molecular weight is 353 g/mol. The largest absolute Gasteiger partial charge is 0.494 e. The van der Waals surface area contributed by atoms with Crippen LogP contribution >= 0.6 is 0 Å². The summed E-state index contributed by atoms with van der Waals surface area (Å²) in [6, 6.07) is 13.1. The van der Waals surface area contributed by atoms with Crippen LogP contribution in [0.15, 0.2) is 42.5 Å². The Kier molecular flexibility index (Phi) is 5.37. The van der Waals surface area contributed by atoms with Crippen LogP contribution in [0.3, 0.4) is 0 Å². The molecule has 2 amide bonds. The molecule has 1 unspecified atom stereocenters. The fraction of sp³-hybridized carbons (Fsp3) is 0.300. The molecule has 0 bridgehead atoms. The number of likely N-dealkylation sites (tertiary alicyclic amines) is 1. The highest BCUT2D eigenvalue weighted by atomic mass is 19.1. The molecule has 1 aliphatic heterocycles. The monoisotopic (exact) mass is 353 g/mol. The van der Waals surface area contributed by atoms with Gasteiger partial charge in [-0.25, -0.2) is 9.18 Å². The van der Waals surface area contributed by atoms with Crippen molar-refractivity contribution in [1.29, 1.82) is 5.26 Å². The highest BCUT2D eigenvalue weighted by Crippen LogP contribution is 2.33. The van der Waals surface area contributed by atoms with Gasteiger partial charge in [0.2, 0.25) is 0 Å².